The summed E-state index contributed by atoms with van der Waals surface area (Å²) in [5.74, 6) is 2.55. The number of fused-ring (bicyclic) bond motifs is 1. The molecule has 0 saturated carbocycles. The van der Waals surface area contributed by atoms with Crippen molar-refractivity contribution in [3.8, 4) is 0 Å². The summed E-state index contributed by atoms with van der Waals surface area (Å²) in [5.41, 5.74) is 2.33. The van der Waals surface area contributed by atoms with E-state index < -0.39 is 0 Å². The van der Waals surface area contributed by atoms with Gasteiger partial charge in [0.05, 0.1) is 0 Å². The maximum atomic E-state index is 12.2. The number of amides is 1. The van der Waals surface area contributed by atoms with Gasteiger partial charge in [-0.3, -0.25) is 9.69 Å². The van der Waals surface area contributed by atoms with E-state index in [1.807, 2.05) is 30.0 Å². The second-order valence-electron chi connectivity index (χ2n) is 5.30. The Balaban J connectivity index is 1.42. The molecule has 2 aliphatic heterocycles. The number of rotatable bonds is 4. The van der Waals surface area contributed by atoms with Gasteiger partial charge < -0.3 is 10.6 Å². The summed E-state index contributed by atoms with van der Waals surface area (Å²) >= 11 is 2.01. The molecule has 5 heteroatoms. The summed E-state index contributed by atoms with van der Waals surface area (Å²) in [7, 11) is 0. The normalized spacial score (nSPS) is 22.1. The number of thioether (sulfide) groups is 1. The molecule has 20 heavy (non-hydrogen) atoms. The minimum Gasteiger partial charge on any atom is -0.373 e. The summed E-state index contributed by atoms with van der Waals surface area (Å²) in [6, 6.07) is 8.04. The van der Waals surface area contributed by atoms with Crippen LogP contribution in [0, 0.1) is 0 Å². The average Bonchev–Trinajstić information content (AvgIpc) is 2.92. The number of carbonyl (C=O) groups is 1. The van der Waals surface area contributed by atoms with E-state index in [1.54, 1.807) is 0 Å². The summed E-state index contributed by atoms with van der Waals surface area (Å²) in [4.78, 5) is 14.6. The lowest BCUT2D eigenvalue weighted by molar-refractivity contribution is -0.121. The van der Waals surface area contributed by atoms with Crippen molar-refractivity contribution in [1.29, 1.82) is 0 Å². The van der Waals surface area contributed by atoms with E-state index in [1.165, 1.54) is 17.1 Å². The number of para-hydroxylation sites is 1. The summed E-state index contributed by atoms with van der Waals surface area (Å²) in [5, 5.41) is 6.35. The Hall–Kier alpha value is -1.20. The van der Waals surface area contributed by atoms with Gasteiger partial charge in [0.2, 0.25) is 5.91 Å². The fraction of sp³-hybridized carbons (Fsp3) is 0.533. The van der Waals surface area contributed by atoms with E-state index in [0.29, 0.717) is 0 Å². The van der Waals surface area contributed by atoms with Crippen molar-refractivity contribution in [2.75, 3.05) is 43.0 Å². The van der Waals surface area contributed by atoms with Crippen molar-refractivity contribution in [1.82, 2.24) is 10.2 Å². The molecule has 2 heterocycles. The highest BCUT2D eigenvalue weighted by atomic mass is 32.2. The summed E-state index contributed by atoms with van der Waals surface area (Å²) in [6.07, 6.45) is 0.794. The zero-order valence-electron chi connectivity index (χ0n) is 11.6. The lowest BCUT2D eigenvalue weighted by Crippen LogP contribution is -2.43. The van der Waals surface area contributed by atoms with Gasteiger partial charge in [-0.05, 0) is 11.6 Å². The molecule has 1 aromatic carbocycles. The predicted molar refractivity (Wildman–Crippen MR) is 84.3 cm³/mol. The molecule has 1 unspecified atom stereocenters. The molecule has 0 bridgehead atoms. The molecular weight excluding hydrogens is 270 g/mol. The van der Waals surface area contributed by atoms with Crippen LogP contribution >= 0.6 is 11.8 Å². The number of anilines is 1. The first kappa shape index (κ1) is 13.8. The minimum atomic E-state index is -0.107. The number of nitrogens with one attached hydrogen (secondary N) is 2. The first-order chi connectivity index (χ1) is 9.83. The van der Waals surface area contributed by atoms with E-state index in [-0.39, 0.29) is 11.9 Å². The summed E-state index contributed by atoms with van der Waals surface area (Å²) < 4.78 is 0. The monoisotopic (exact) mass is 291 g/mol. The highest BCUT2D eigenvalue weighted by molar-refractivity contribution is 7.99. The van der Waals surface area contributed by atoms with E-state index in [0.717, 1.165) is 38.3 Å². The third-order valence-electron chi connectivity index (χ3n) is 3.92. The minimum absolute atomic E-state index is 0.107. The molecule has 1 fully saturated rings. The molecule has 1 aromatic rings. The van der Waals surface area contributed by atoms with Crippen LogP contribution < -0.4 is 10.6 Å². The lowest BCUT2D eigenvalue weighted by atomic mass is 10.1. The van der Waals surface area contributed by atoms with Crippen molar-refractivity contribution in [3.63, 3.8) is 0 Å². The second kappa shape index (κ2) is 6.50. The van der Waals surface area contributed by atoms with Gasteiger partial charge in [-0.15, -0.1) is 0 Å². The third-order valence-corrected chi connectivity index (χ3v) is 4.86. The Morgan fingerprint density at radius 1 is 1.35 bits per heavy atom. The Morgan fingerprint density at radius 2 is 2.15 bits per heavy atom. The highest BCUT2D eigenvalue weighted by Crippen LogP contribution is 2.24. The molecule has 0 spiro atoms. The van der Waals surface area contributed by atoms with Crippen LogP contribution in [-0.2, 0) is 11.2 Å². The van der Waals surface area contributed by atoms with Gasteiger partial charge >= 0.3 is 0 Å². The molecular formula is C15H21N3OS. The summed E-state index contributed by atoms with van der Waals surface area (Å²) in [6.45, 7) is 4.01. The number of benzene rings is 1. The van der Waals surface area contributed by atoms with Gasteiger partial charge in [0, 0.05) is 49.8 Å². The van der Waals surface area contributed by atoms with E-state index in [4.69, 9.17) is 0 Å². The van der Waals surface area contributed by atoms with Crippen molar-refractivity contribution in [3.05, 3.63) is 29.8 Å². The Bertz CT molecular complexity index is 449. The number of hydrogen-bond acceptors (Lipinski definition) is 4. The molecule has 2 aliphatic rings. The maximum absolute atomic E-state index is 12.2. The van der Waals surface area contributed by atoms with E-state index >= 15 is 0 Å². The number of carbonyl (C=O) groups excluding carboxylic acids is 1. The highest BCUT2D eigenvalue weighted by Gasteiger charge is 2.25. The van der Waals surface area contributed by atoms with Crippen molar-refractivity contribution in [2.45, 2.75) is 12.5 Å². The lowest BCUT2D eigenvalue weighted by Gasteiger charge is -2.26. The fourth-order valence-electron chi connectivity index (χ4n) is 2.74. The molecule has 2 N–H and O–H groups in total. The Morgan fingerprint density at radius 3 is 2.95 bits per heavy atom. The molecule has 0 radical (unpaired) electrons. The Kier molecular flexibility index (Phi) is 4.47. The first-order valence-corrected chi connectivity index (χ1v) is 8.40. The SMILES string of the molecule is O=C(NCCN1CCSCC1)C1Cc2ccccc2N1. The number of nitrogens with zero attached hydrogens (tertiary/aromatic N) is 1. The van der Waals surface area contributed by atoms with E-state index in [9.17, 15) is 4.79 Å². The largest absolute Gasteiger partial charge is 0.373 e. The fourth-order valence-corrected chi connectivity index (χ4v) is 3.72. The second-order valence-corrected chi connectivity index (χ2v) is 6.53. The zero-order valence-corrected chi connectivity index (χ0v) is 12.4. The Labute approximate surface area is 124 Å². The van der Waals surface area contributed by atoms with Crippen LogP contribution in [0.1, 0.15) is 5.56 Å². The van der Waals surface area contributed by atoms with Crippen LogP contribution in [0.4, 0.5) is 5.69 Å². The quantitative estimate of drug-likeness (QED) is 0.874. The van der Waals surface area contributed by atoms with Crippen LogP contribution in [0.3, 0.4) is 0 Å². The van der Waals surface area contributed by atoms with Crippen LogP contribution in [0.15, 0.2) is 24.3 Å². The molecule has 3 rings (SSSR count). The van der Waals surface area contributed by atoms with Gasteiger partial charge in [0.15, 0.2) is 0 Å². The average molecular weight is 291 g/mol. The van der Waals surface area contributed by atoms with Gasteiger partial charge in [-0.25, -0.2) is 0 Å². The first-order valence-electron chi connectivity index (χ1n) is 7.25. The molecule has 1 saturated heterocycles. The molecule has 1 atom stereocenters. The third kappa shape index (κ3) is 3.27. The van der Waals surface area contributed by atoms with Crippen molar-refractivity contribution >= 4 is 23.4 Å². The maximum Gasteiger partial charge on any atom is 0.242 e. The molecule has 4 nitrogen and oxygen atoms in total. The van der Waals surface area contributed by atoms with Gasteiger partial charge in [-0.1, -0.05) is 18.2 Å². The smallest absolute Gasteiger partial charge is 0.242 e. The number of hydrogen-bond donors (Lipinski definition) is 2. The van der Waals surface area contributed by atoms with Gasteiger partial charge in [0.25, 0.3) is 0 Å². The predicted octanol–water partition coefficient (Wildman–Crippen LogP) is 1.19. The van der Waals surface area contributed by atoms with Crippen LogP contribution in [0.25, 0.3) is 0 Å². The molecule has 0 aromatic heterocycles. The van der Waals surface area contributed by atoms with Crippen molar-refractivity contribution in [2.24, 2.45) is 0 Å². The van der Waals surface area contributed by atoms with Crippen LogP contribution in [-0.4, -0.2) is 54.5 Å². The molecule has 1 amide bonds. The topological polar surface area (TPSA) is 44.4 Å². The standard InChI is InChI=1S/C15H21N3OS/c19-15(16-5-6-18-7-9-20-10-8-18)14-11-12-3-1-2-4-13(12)17-14/h1-4,14,17H,5-11H2,(H,16,19). The molecule has 0 aliphatic carbocycles. The van der Waals surface area contributed by atoms with Crippen molar-refractivity contribution < 1.29 is 4.79 Å². The zero-order chi connectivity index (χ0) is 13.8. The van der Waals surface area contributed by atoms with Gasteiger partial charge in [0.1, 0.15) is 6.04 Å². The van der Waals surface area contributed by atoms with E-state index in [2.05, 4.69) is 21.6 Å². The van der Waals surface area contributed by atoms with Crippen LogP contribution in [0.2, 0.25) is 0 Å². The van der Waals surface area contributed by atoms with Gasteiger partial charge in [-0.2, -0.15) is 11.8 Å². The molecule has 108 valence electrons. The van der Waals surface area contributed by atoms with Crippen LogP contribution in [0.5, 0.6) is 0 Å².